The molecular formula is C7H3BrClN3S. The van der Waals surface area contributed by atoms with Crippen LogP contribution < -0.4 is 0 Å². The maximum atomic E-state index is 5.69. The highest BCUT2D eigenvalue weighted by atomic mass is 79.9. The number of rotatable bonds is 1. The number of halogens is 2. The zero-order valence-electron chi connectivity index (χ0n) is 6.24. The van der Waals surface area contributed by atoms with Crippen LogP contribution in [0.1, 0.15) is 0 Å². The first kappa shape index (κ1) is 9.05. The standard InChI is InChI=1S/C7H3BrClN3S/c8-5-2-11-7(13-5)4-1-10-3-6(9)12-4/h1-3H. The minimum atomic E-state index is 0.379. The Balaban J connectivity index is 2.46. The van der Waals surface area contributed by atoms with Crippen molar-refractivity contribution in [3.05, 3.63) is 27.5 Å². The molecule has 0 unspecified atom stereocenters. The summed E-state index contributed by atoms with van der Waals surface area (Å²) in [6.45, 7) is 0. The van der Waals surface area contributed by atoms with Gasteiger partial charge in [-0.25, -0.2) is 9.97 Å². The molecule has 13 heavy (non-hydrogen) atoms. The zero-order valence-corrected chi connectivity index (χ0v) is 9.40. The van der Waals surface area contributed by atoms with Crippen LogP contribution in [0.25, 0.3) is 10.7 Å². The number of hydrogen-bond acceptors (Lipinski definition) is 4. The molecule has 0 amide bonds. The largest absolute Gasteiger partial charge is 0.259 e. The van der Waals surface area contributed by atoms with E-state index < -0.39 is 0 Å². The van der Waals surface area contributed by atoms with Crippen LogP contribution in [0.15, 0.2) is 22.4 Å². The molecule has 0 spiro atoms. The average molecular weight is 277 g/mol. The molecule has 66 valence electrons. The molecule has 0 radical (unpaired) electrons. The van der Waals surface area contributed by atoms with Gasteiger partial charge in [0.1, 0.15) is 15.9 Å². The number of aromatic nitrogens is 3. The molecule has 2 rings (SSSR count). The molecule has 6 heteroatoms. The Kier molecular flexibility index (Phi) is 2.57. The van der Waals surface area contributed by atoms with E-state index in [4.69, 9.17) is 11.6 Å². The summed E-state index contributed by atoms with van der Waals surface area (Å²) in [6, 6.07) is 0. The van der Waals surface area contributed by atoms with Crippen molar-refractivity contribution >= 4 is 38.9 Å². The summed E-state index contributed by atoms with van der Waals surface area (Å²) in [5.74, 6) is 0. The molecule has 3 nitrogen and oxygen atoms in total. The molecule has 2 heterocycles. The lowest BCUT2D eigenvalue weighted by atomic mass is 10.5. The molecule has 2 aromatic rings. The van der Waals surface area contributed by atoms with E-state index in [-0.39, 0.29) is 0 Å². The van der Waals surface area contributed by atoms with E-state index in [1.165, 1.54) is 17.5 Å². The first-order chi connectivity index (χ1) is 6.25. The van der Waals surface area contributed by atoms with Gasteiger partial charge in [-0.1, -0.05) is 11.6 Å². The normalized spacial score (nSPS) is 10.3. The number of hydrogen-bond donors (Lipinski definition) is 0. The Morgan fingerprint density at radius 3 is 2.77 bits per heavy atom. The third kappa shape index (κ3) is 2.04. The van der Waals surface area contributed by atoms with Crippen LogP contribution in [-0.4, -0.2) is 15.0 Å². The zero-order chi connectivity index (χ0) is 9.26. The maximum absolute atomic E-state index is 5.69. The summed E-state index contributed by atoms with van der Waals surface area (Å²) in [6.07, 6.45) is 4.85. The molecule has 2 aromatic heterocycles. The SMILES string of the molecule is Clc1cncc(-c2ncc(Br)s2)n1. The summed E-state index contributed by atoms with van der Waals surface area (Å²) in [5.41, 5.74) is 0.697. The van der Waals surface area contributed by atoms with Crippen LogP contribution >= 0.6 is 38.9 Å². The van der Waals surface area contributed by atoms with Gasteiger partial charge in [0.05, 0.1) is 22.4 Å². The van der Waals surface area contributed by atoms with E-state index in [2.05, 4.69) is 30.9 Å². The highest BCUT2D eigenvalue weighted by Gasteiger charge is 2.04. The van der Waals surface area contributed by atoms with E-state index >= 15 is 0 Å². The van der Waals surface area contributed by atoms with Gasteiger partial charge in [-0.2, -0.15) is 0 Å². The van der Waals surface area contributed by atoms with Gasteiger partial charge < -0.3 is 0 Å². The molecule has 0 aliphatic rings. The lowest BCUT2D eigenvalue weighted by Crippen LogP contribution is -1.84. The Labute approximate surface area is 92.0 Å². The molecule has 0 saturated heterocycles. The van der Waals surface area contributed by atoms with Gasteiger partial charge in [0.25, 0.3) is 0 Å². The van der Waals surface area contributed by atoms with Gasteiger partial charge in [-0.3, -0.25) is 4.98 Å². The fourth-order valence-corrected chi connectivity index (χ4v) is 2.13. The fourth-order valence-electron chi connectivity index (χ4n) is 0.818. The van der Waals surface area contributed by atoms with E-state index in [1.807, 2.05) is 0 Å². The highest BCUT2D eigenvalue weighted by molar-refractivity contribution is 9.11. The molecule has 0 aromatic carbocycles. The Hall–Kier alpha value is -0.520. The van der Waals surface area contributed by atoms with Gasteiger partial charge >= 0.3 is 0 Å². The lowest BCUT2D eigenvalue weighted by Gasteiger charge is -1.93. The smallest absolute Gasteiger partial charge is 0.148 e. The third-order valence-corrected chi connectivity index (χ3v) is 2.98. The van der Waals surface area contributed by atoms with Gasteiger partial charge in [0.15, 0.2) is 0 Å². The van der Waals surface area contributed by atoms with Crippen molar-refractivity contribution < 1.29 is 0 Å². The van der Waals surface area contributed by atoms with Crippen LogP contribution in [0.3, 0.4) is 0 Å². The van der Waals surface area contributed by atoms with Crippen molar-refractivity contribution in [3.63, 3.8) is 0 Å². The maximum Gasteiger partial charge on any atom is 0.148 e. The van der Waals surface area contributed by atoms with Crippen molar-refractivity contribution in [1.82, 2.24) is 15.0 Å². The van der Waals surface area contributed by atoms with E-state index in [1.54, 1.807) is 12.4 Å². The van der Waals surface area contributed by atoms with Crippen LogP contribution in [0.5, 0.6) is 0 Å². The minimum Gasteiger partial charge on any atom is -0.259 e. The van der Waals surface area contributed by atoms with Crippen LogP contribution in [0.2, 0.25) is 5.15 Å². The quantitative estimate of drug-likeness (QED) is 0.803. The fraction of sp³-hybridized carbons (Fsp3) is 0. The lowest BCUT2D eigenvalue weighted by molar-refractivity contribution is 1.19. The second kappa shape index (κ2) is 3.69. The third-order valence-electron chi connectivity index (χ3n) is 1.30. The second-order valence-electron chi connectivity index (χ2n) is 2.20. The molecule has 0 aliphatic carbocycles. The molecule has 0 bridgehead atoms. The summed E-state index contributed by atoms with van der Waals surface area (Å²) in [4.78, 5) is 12.2. The highest BCUT2D eigenvalue weighted by Crippen LogP contribution is 2.26. The average Bonchev–Trinajstić information content (AvgIpc) is 2.52. The number of thiazole rings is 1. The van der Waals surface area contributed by atoms with Crippen molar-refractivity contribution in [3.8, 4) is 10.7 Å². The summed E-state index contributed by atoms with van der Waals surface area (Å²) in [7, 11) is 0. The Bertz CT molecular complexity index is 431. The Morgan fingerprint density at radius 1 is 1.31 bits per heavy atom. The molecule has 0 fully saturated rings. The summed E-state index contributed by atoms with van der Waals surface area (Å²) >= 11 is 10.5. The second-order valence-corrected chi connectivity index (χ2v) is 4.99. The predicted molar refractivity (Wildman–Crippen MR) is 55.9 cm³/mol. The minimum absolute atomic E-state index is 0.379. The van der Waals surface area contributed by atoms with Gasteiger partial charge in [0.2, 0.25) is 0 Å². The van der Waals surface area contributed by atoms with Gasteiger partial charge in [0, 0.05) is 0 Å². The van der Waals surface area contributed by atoms with Crippen molar-refractivity contribution in [2.24, 2.45) is 0 Å². The van der Waals surface area contributed by atoms with Crippen molar-refractivity contribution in [2.45, 2.75) is 0 Å². The van der Waals surface area contributed by atoms with Crippen LogP contribution in [0, 0.1) is 0 Å². The molecule has 0 atom stereocenters. The van der Waals surface area contributed by atoms with Crippen molar-refractivity contribution in [1.29, 1.82) is 0 Å². The Morgan fingerprint density at radius 2 is 2.15 bits per heavy atom. The van der Waals surface area contributed by atoms with Gasteiger partial charge in [-0.05, 0) is 15.9 Å². The summed E-state index contributed by atoms with van der Waals surface area (Å²) < 4.78 is 0.962. The first-order valence-electron chi connectivity index (χ1n) is 3.35. The first-order valence-corrected chi connectivity index (χ1v) is 5.34. The topological polar surface area (TPSA) is 38.7 Å². The van der Waals surface area contributed by atoms with E-state index in [0.29, 0.717) is 10.8 Å². The van der Waals surface area contributed by atoms with Gasteiger partial charge in [-0.15, -0.1) is 11.3 Å². The molecule has 0 aliphatic heterocycles. The monoisotopic (exact) mass is 275 g/mol. The molecule has 0 saturated carbocycles. The molecule has 0 N–H and O–H groups in total. The van der Waals surface area contributed by atoms with E-state index in [9.17, 15) is 0 Å². The van der Waals surface area contributed by atoms with E-state index in [0.717, 1.165) is 8.79 Å². The molecular weight excluding hydrogens is 274 g/mol. The van der Waals surface area contributed by atoms with Crippen LogP contribution in [-0.2, 0) is 0 Å². The van der Waals surface area contributed by atoms with Crippen molar-refractivity contribution in [2.75, 3.05) is 0 Å². The van der Waals surface area contributed by atoms with Crippen LogP contribution in [0.4, 0.5) is 0 Å². The summed E-state index contributed by atoms with van der Waals surface area (Å²) in [5, 5.41) is 1.19. The number of nitrogens with zero attached hydrogens (tertiary/aromatic N) is 3. The predicted octanol–water partition coefficient (Wildman–Crippen LogP) is 3.02.